The number of fused-ring (bicyclic) bond motifs is 2. The van der Waals surface area contributed by atoms with Crippen molar-refractivity contribution < 1.29 is 23.7 Å². The summed E-state index contributed by atoms with van der Waals surface area (Å²) < 4.78 is 30.6. The molecule has 5 rings (SSSR count). The average molecular weight is 371 g/mol. The van der Waals surface area contributed by atoms with Gasteiger partial charge in [0.1, 0.15) is 12.2 Å². The molecule has 1 aromatic carbocycles. The van der Waals surface area contributed by atoms with Crippen LogP contribution in [-0.2, 0) is 23.7 Å². The quantitative estimate of drug-likeness (QED) is 0.807. The van der Waals surface area contributed by atoms with Crippen molar-refractivity contribution in [2.24, 2.45) is 0 Å². The van der Waals surface area contributed by atoms with Crippen molar-refractivity contribution in [1.82, 2.24) is 4.98 Å². The second-order valence-corrected chi connectivity index (χ2v) is 8.38. The predicted octanol–water partition coefficient (Wildman–Crippen LogP) is 3.35. The number of hydrogen-bond donors (Lipinski definition) is 0. The van der Waals surface area contributed by atoms with Gasteiger partial charge in [0.15, 0.2) is 17.9 Å². The van der Waals surface area contributed by atoms with E-state index in [4.69, 9.17) is 23.7 Å². The lowest BCUT2D eigenvalue weighted by Gasteiger charge is -2.29. The Kier molecular flexibility index (Phi) is 3.87. The van der Waals surface area contributed by atoms with Gasteiger partial charge in [0.05, 0.1) is 18.2 Å². The zero-order valence-corrected chi connectivity index (χ0v) is 16.0. The Morgan fingerprint density at radius 1 is 0.926 bits per heavy atom. The SMILES string of the molecule is CC1(C)OCC([C@H]2O[C@@H]3OC(C)(C)O[C@@H]3[C@@H]2c2ccnc3ccccc23)O1. The van der Waals surface area contributed by atoms with Crippen LogP contribution in [0.15, 0.2) is 36.5 Å². The van der Waals surface area contributed by atoms with Crippen molar-refractivity contribution in [2.45, 2.75) is 69.8 Å². The molecule has 144 valence electrons. The fourth-order valence-electron chi connectivity index (χ4n) is 4.49. The first-order valence-corrected chi connectivity index (χ1v) is 9.50. The molecule has 1 aromatic heterocycles. The molecular formula is C21H25NO5. The fraction of sp³-hybridized carbons (Fsp3) is 0.571. The van der Waals surface area contributed by atoms with E-state index in [0.29, 0.717) is 6.61 Å². The van der Waals surface area contributed by atoms with E-state index in [2.05, 4.69) is 17.1 Å². The largest absolute Gasteiger partial charge is 0.348 e. The van der Waals surface area contributed by atoms with Gasteiger partial charge in [-0.1, -0.05) is 18.2 Å². The van der Waals surface area contributed by atoms with Gasteiger partial charge in [-0.05, 0) is 45.4 Å². The number of aromatic nitrogens is 1. The second kappa shape index (κ2) is 5.96. The monoisotopic (exact) mass is 371 g/mol. The van der Waals surface area contributed by atoms with Crippen molar-refractivity contribution in [3.05, 3.63) is 42.1 Å². The zero-order chi connectivity index (χ0) is 18.8. The molecule has 27 heavy (non-hydrogen) atoms. The molecule has 6 heteroatoms. The van der Waals surface area contributed by atoms with E-state index in [1.54, 1.807) is 0 Å². The minimum Gasteiger partial charge on any atom is -0.348 e. The topological polar surface area (TPSA) is 59.0 Å². The summed E-state index contributed by atoms with van der Waals surface area (Å²) in [5.41, 5.74) is 2.10. The van der Waals surface area contributed by atoms with E-state index in [1.165, 1.54) is 0 Å². The number of nitrogens with zero attached hydrogens (tertiary/aromatic N) is 1. The lowest BCUT2D eigenvalue weighted by Crippen LogP contribution is -2.38. The van der Waals surface area contributed by atoms with Crippen LogP contribution in [0.25, 0.3) is 10.9 Å². The molecule has 4 heterocycles. The molecule has 3 aliphatic heterocycles. The van der Waals surface area contributed by atoms with Crippen LogP contribution in [0.4, 0.5) is 0 Å². The molecule has 0 N–H and O–H groups in total. The third kappa shape index (κ3) is 2.96. The molecular weight excluding hydrogens is 346 g/mol. The Balaban J connectivity index is 1.58. The number of para-hydroxylation sites is 1. The van der Waals surface area contributed by atoms with Crippen LogP contribution < -0.4 is 0 Å². The molecule has 2 aromatic rings. The van der Waals surface area contributed by atoms with Crippen LogP contribution >= 0.6 is 0 Å². The normalized spacial score (nSPS) is 37.0. The van der Waals surface area contributed by atoms with Gasteiger partial charge in [-0.25, -0.2) is 0 Å². The molecule has 5 atom stereocenters. The van der Waals surface area contributed by atoms with E-state index >= 15 is 0 Å². The first-order chi connectivity index (χ1) is 12.8. The van der Waals surface area contributed by atoms with Gasteiger partial charge in [0.2, 0.25) is 0 Å². The maximum absolute atomic E-state index is 6.34. The third-order valence-electron chi connectivity index (χ3n) is 5.53. The van der Waals surface area contributed by atoms with Crippen molar-refractivity contribution >= 4 is 10.9 Å². The number of pyridine rings is 1. The highest BCUT2D eigenvalue weighted by molar-refractivity contribution is 5.82. The molecule has 6 nitrogen and oxygen atoms in total. The first-order valence-electron chi connectivity index (χ1n) is 9.50. The summed E-state index contributed by atoms with van der Waals surface area (Å²) in [5.74, 6) is -1.32. The van der Waals surface area contributed by atoms with E-state index in [9.17, 15) is 0 Å². The average Bonchev–Trinajstić information content (AvgIpc) is 3.23. The summed E-state index contributed by atoms with van der Waals surface area (Å²) in [6, 6.07) is 10.2. The smallest absolute Gasteiger partial charge is 0.188 e. The summed E-state index contributed by atoms with van der Waals surface area (Å²) in [6.07, 6.45) is 0.817. The molecule has 0 spiro atoms. The van der Waals surface area contributed by atoms with E-state index < -0.39 is 17.9 Å². The molecule has 0 radical (unpaired) electrons. The Hall–Kier alpha value is -1.57. The summed E-state index contributed by atoms with van der Waals surface area (Å²) in [6.45, 7) is 8.18. The van der Waals surface area contributed by atoms with Gasteiger partial charge in [-0.2, -0.15) is 0 Å². The highest BCUT2D eigenvalue weighted by Gasteiger charge is 2.58. The maximum atomic E-state index is 6.34. The van der Waals surface area contributed by atoms with Crippen LogP contribution in [0, 0.1) is 0 Å². The van der Waals surface area contributed by atoms with Gasteiger partial charge in [0.25, 0.3) is 0 Å². The highest BCUT2D eigenvalue weighted by atomic mass is 16.8. The van der Waals surface area contributed by atoms with Gasteiger partial charge in [-0.15, -0.1) is 0 Å². The van der Waals surface area contributed by atoms with E-state index in [1.807, 2.05) is 52.1 Å². The Labute approximate surface area is 158 Å². The Morgan fingerprint density at radius 2 is 1.74 bits per heavy atom. The maximum Gasteiger partial charge on any atom is 0.188 e. The van der Waals surface area contributed by atoms with Crippen LogP contribution in [0.1, 0.15) is 39.2 Å². The summed E-state index contributed by atoms with van der Waals surface area (Å²) in [7, 11) is 0. The van der Waals surface area contributed by atoms with Crippen molar-refractivity contribution in [3.8, 4) is 0 Å². The molecule has 0 amide bonds. The second-order valence-electron chi connectivity index (χ2n) is 8.38. The molecule has 0 aliphatic carbocycles. The van der Waals surface area contributed by atoms with Crippen LogP contribution in [-0.4, -0.2) is 47.8 Å². The third-order valence-corrected chi connectivity index (χ3v) is 5.53. The van der Waals surface area contributed by atoms with Gasteiger partial charge < -0.3 is 23.7 Å². The van der Waals surface area contributed by atoms with E-state index in [0.717, 1.165) is 16.5 Å². The molecule has 1 unspecified atom stereocenters. The minimum atomic E-state index is -0.673. The zero-order valence-electron chi connectivity index (χ0n) is 16.0. The fourth-order valence-corrected chi connectivity index (χ4v) is 4.49. The van der Waals surface area contributed by atoms with Gasteiger partial charge in [0, 0.05) is 17.5 Å². The molecule has 0 saturated carbocycles. The highest BCUT2D eigenvalue weighted by Crippen LogP contribution is 2.49. The molecule has 3 saturated heterocycles. The summed E-state index contributed by atoms with van der Waals surface area (Å²) in [5, 5.41) is 1.10. The lowest BCUT2D eigenvalue weighted by atomic mass is 9.86. The number of ether oxygens (including phenoxy) is 5. The summed E-state index contributed by atoms with van der Waals surface area (Å²) in [4.78, 5) is 4.50. The van der Waals surface area contributed by atoms with Crippen LogP contribution in [0.5, 0.6) is 0 Å². The van der Waals surface area contributed by atoms with Crippen molar-refractivity contribution in [2.75, 3.05) is 6.61 Å². The number of rotatable bonds is 2. The van der Waals surface area contributed by atoms with Crippen molar-refractivity contribution in [1.29, 1.82) is 0 Å². The number of hydrogen-bond acceptors (Lipinski definition) is 6. The van der Waals surface area contributed by atoms with Crippen LogP contribution in [0.2, 0.25) is 0 Å². The molecule has 3 aliphatic rings. The van der Waals surface area contributed by atoms with Gasteiger partial charge in [-0.3, -0.25) is 4.98 Å². The Bertz CT molecular complexity index is 861. The first kappa shape index (κ1) is 17.5. The minimum absolute atomic E-state index is 0.0350. The van der Waals surface area contributed by atoms with Crippen molar-refractivity contribution in [3.63, 3.8) is 0 Å². The Morgan fingerprint density at radius 3 is 2.52 bits per heavy atom. The predicted molar refractivity (Wildman–Crippen MR) is 98.1 cm³/mol. The molecule has 0 bridgehead atoms. The van der Waals surface area contributed by atoms with Gasteiger partial charge >= 0.3 is 0 Å². The molecule has 3 fully saturated rings. The summed E-state index contributed by atoms with van der Waals surface area (Å²) >= 11 is 0. The standard InChI is InChI=1S/C21H25NO5/c1-20(2)23-11-15(25-20)17-16(18-19(24-17)27-21(3,4)26-18)13-9-10-22-14-8-6-5-7-12(13)14/h5-10,15-19H,11H2,1-4H3/t15?,16-,17-,18-,19-/m1/s1. The number of benzene rings is 1. The van der Waals surface area contributed by atoms with Crippen LogP contribution in [0.3, 0.4) is 0 Å². The lowest BCUT2D eigenvalue weighted by molar-refractivity contribution is -0.223. The van der Waals surface area contributed by atoms with E-state index in [-0.39, 0.29) is 24.2 Å².